The smallest absolute Gasteiger partial charge is 0.0922 e. The van der Waals surface area contributed by atoms with Gasteiger partial charge in [-0.05, 0) is 18.8 Å². The van der Waals surface area contributed by atoms with Crippen molar-refractivity contribution in [3.05, 3.63) is 0 Å². The van der Waals surface area contributed by atoms with E-state index < -0.39 is 0 Å². The fourth-order valence-electron chi connectivity index (χ4n) is 0.272. The van der Waals surface area contributed by atoms with Gasteiger partial charge >= 0.3 is 0 Å². The molecular formula is C4H11ClFN. The summed E-state index contributed by atoms with van der Waals surface area (Å²) >= 11 is 0. The molecule has 0 aromatic heterocycles. The topological polar surface area (TPSA) is 35.0 Å². The summed E-state index contributed by atoms with van der Waals surface area (Å²) in [6.45, 7) is -0.0833. The summed E-state index contributed by atoms with van der Waals surface area (Å²) < 4.78 is 11.2. The monoisotopic (exact) mass is 127 g/mol. The zero-order chi connectivity index (χ0) is 3.70. The average Bonchev–Trinajstić information content (AvgIpc) is 2.12. The SMILES string of the molecule is Cl.FCC1CC1.N. The lowest BCUT2D eigenvalue weighted by molar-refractivity contribution is 0.458. The summed E-state index contributed by atoms with van der Waals surface area (Å²) in [6.07, 6.45) is 2.27. The van der Waals surface area contributed by atoms with Crippen LogP contribution in [0, 0.1) is 5.92 Å². The highest BCUT2D eigenvalue weighted by Gasteiger charge is 2.19. The molecule has 0 bridgehead atoms. The van der Waals surface area contributed by atoms with Gasteiger partial charge in [-0.3, -0.25) is 4.39 Å². The number of rotatable bonds is 1. The molecule has 0 heterocycles. The van der Waals surface area contributed by atoms with Gasteiger partial charge in [0.15, 0.2) is 0 Å². The zero-order valence-corrected chi connectivity index (χ0v) is 5.01. The van der Waals surface area contributed by atoms with Crippen LogP contribution in [0.3, 0.4) is 0 Å². The summed E-state index contributed by atoms with van der Waals surface area (Å²) in [5.74, 6) is 0.468. The summed E-state index contributed by atoms with van der Waals surface area (Å²) in [6, 6.07) is 0. The van der Waals surface area contributed by atoms with Gasteiger partial charge in [0.25, 0.3) is 0 Å². The molecule has 0 aromatic carbocycles. The molecule has 7 heavy (non-hydrogen) atoms. The Morgan fingerprint density at radius 2 is 1.86 bits per heavy atom. The predicted octanol–water partition coefficient (Wildman–Crippen LogP) is 1.95. The van der Waals surface area contributed by atoms with Gasteiger partial charge in [-0.15, -0.1) is 12.4 Å². The second-order valence-electron chi connectivity index (χ2n) is 1.60. The van der Waals surface area contributed by atoms with Crippen LogP contribution < -0.4 is 6.15 Å². The van der Waals surface area contributed by atoms with Crippen molar-refractivity contribution in [3.63, 3.8) is 0 Å². The van der Waals surface area contributed by atoms with E-state index in [0.29, 0.717) is 5.92 Å². The lowest BCUT2D eigenvalue weighted by Gasteiger charge is -1.69. The van der Waals surface area contributed by atoms with Gasteiger partial charge in [-0.2, -0.15) is 0 Å². The Morgan fingerprint density at radius 3 is 1.86 bits per heavy atom. The van der Waals surface area contributed by atoms with Gasteiger partial charge < -0.3 is 6.15 Å². The van der Waals surface area contributed by atoms with E-state index in [-0.39, 0.29) is 25.2 Å². The molecule has 1 saturated carbocycles. The maximum absolute atomic E-state index is 11.2. The van der Waals surface area contributed by atoms with E-state index in [1.807, 2.05) is 0 Å². The highest BCUT2D eigenvalue weighted by Crippen LogP contribution is 2.28. The molecule has 46 valence electrons. The van der Waals surface area contributed by atoms with Gasteiger partial charge in [0.05, 0.1) is 6.67 Å². The average molecular weight is 128 g/mol. The van der Waals surface area contributed by atoms with E-state index in [2.05, 4.69) is 0 Å². The van der Waals surface area contributed by atoms with Gasteiger partial charge in [-0.25, -0.2) is 0 Å². The highest BCUT2D eigenvalue weighted by atomic mass is 35.5. The van der Waals surface area contributed by atoms with Crippen molar-refractivity contribution in [3.8, 4) is 0 Å². The summed E-state index contributed by atoms with van der Waals surface area (Å²) in [5, 5.41) is 0. The largest absolute Gasteiger partial charge is 0.344 e. The van der Waals surface area contributed by atoms with Crippen molar-refractivity contribution in [2.45, 2.75) is 12.8 Å². The number of halogens is 2. The molecule has 1 aliphatic carbocycles. The molecule has 3 N–H and O–H groups in total. The van der Waals surface area contributed by atoms with Crippen LogP contribution in [0.25, 0.3) is 0 Å². The Morgan fingerprint density at radius 1 is 1.43 bits per heavy atom. The Kier molecular flexibility index (Phi) is 6.34. The van der Waals surface area contributed by atoms with E-state index in [4.69, 9.17) is 0 Å². The lowest BCUT2D eigenvalue weighted by atomic mass is 10.5. The van der Waals surface area contributed by atoms with Crippen molar-refractivity contribution >= 4 is 12.4 Å². The standard InChI is InChI=1S/C4H7F.ClH.H3N/c5-3-4-1-2-4;;/h4H,1-3H2;1H;1H3. The minimum atomic E-state index is -0.0833. The second kappa shape index (κ2) is 4.34. The van der Waals surface area contributed by atoms with Crippen LogP contribution in [0.1, 0.15) is 12.8 Å². The maximum atomic E-state index is 11.2. The van der Waals surface area contributed by atoms with Crippen LogP contribution in [-0.2, 0) is 0 Å². The van der Waals surface area contributed by atoms with Crippen molar-refractivity contribution in [2.75, 3.05) is 6.67 Å². The predicted molar refractivity (Wildman–Crippen MR) is 31.0 cm³/mol. The first-order valence-electron chi connectivity index (χ1n) is 1.99. The van der Waals surface area contributed by atoms with Crippen molar-refractivity contribution in [1.29, 1.82) is 0 Å². The molecule has 0 radical (unpaired) electrons. The highest BCUT2D eigenvalue weighted by molar-refractivity contribution is 5.85. The van der Waals surface area contributed by atoms with E-state index in [0.717, 1.165) is 12.8 Å². The van der Waals surface area contributed by atoms with Gasteiger partial charge in [0, 0.05) is 0 Å². The third kappa shape index (κ3) is 4.02. The van der Waals surface area contributed by atoms with Crippen molar-refractivity contribution < 1.29 is 4.39 Å². The maximum Gasteiger partial charge on any atom is 0.0922 e. The first-order valence-corrected chi connectivity index (χ1v) is 1.99. The Bertz CT molecular complexity index is 38.7. The normalized spacial score (nSPS) is 16.7. The first-order chi connectivity index (χ1) is 2.43. The minimum Gasteiger partial charge on any atom is -0.344 e. The lowest BCUT2D eigenvalue weighted by Crippen LogP contribution is -1.69. The molecule has 1 rings (SSSR count). The first kappa shape index (κ1) is 10.2. The van der Waals surface area contributed by atoms with E-state index in [1.54, 1.807) is 0 Å². The van der Waals surface area contributed by atoms with Crippen molar-refractivity contribution in [2.24, 2.45) is 5.92 Å². The molecule has 1 aliphatic rings. The van der Waals surface area contributed by atoms with Gasteiger partial charge in [0.2, 0.25) is 0 Å². The fourth-order valence-corrected chi connectivity index (χ4v) is 0.272. The quantitative estimate of drug-likeness (QED) is 0.574. The summed E-state index contributed by atoms with van der Waals surface area (Å²) in [4.78, 5) is 0. The second-order valence-corrected chi connectivity index (χ2v) is 1.60. The summed E-state index contributed by atoms with van der Waals surface area (Å²) in [5.41, 5.74) is 0. The van der Waals surface area contributed by atoms with Crippen LogP contribution >= 0.6 is 12.4 Å². The van der Waals surface area contributed by atoms with Crippen LogP contribution in [0.2, 0.25) is 0 Å². The van der Waals surface area contributed by atoms with Crippen LogP contribution in [0.5, 0.6) is 0 Å². The Labute approximate surface area is 49.3 Å². The van der Waals surface area contributed by atoms with Crippen molar-refractivity contribution in [1.82, 2.24) is 6.15 Å². The third-order valence-electron chi connectivity index (χ3n) is 0.915. The zero-order valence-electron chi connectivity index (χ0n) is 4.19. The molecule has 1 nitrogen and oxygen atoms in total. The summed E-state index contributed by atoms with van der Waals surface area (Å²) in [7, 11) is 0. The number of hydrogen-bond donors (Lipinski definition) is 1. The Hall–Kier alpha value is 0.180. The molecule has 0 atom stereocenters. The van der Waals surface area contributed by atoms with Gasteiger partial charge in [-0.1, -0.05) is 0 Å². The molecule has 3 heteroatoms. The van der Waals surface area contributed by atoms with E-state index >= 15 is 0 Å². The molecule has 0 aromatic rings. The number of hydrogen-bond acceptors (Lipinski definition) is 1. The van der Waals surface area contributed by atoms with E-state index in [9.17, 15) is 4.39 Å². The van der Waals surface area contributed by atoms with Crippen LogP contribution in [-0.4, -0.2) is 6.67 Å². The minimum absolute atomic E-state index is 0. The molecule has 0 aliphatic heterocycles. The number of alkyl halides is 1. The van der Waals surface area contributed by atoms with Gasteiger partial charge in [0.1, 0.15) is 0 Å². The Balaban J connectivity index is 0. The molecule has 0 spiro atoms. The molecule has 0 unspecified atom stereocenters. The fraction of sp³-hybridized carbons (Fsp3) is 1.00. The third-order valence-corrected chi connectivity index (χ3v) is 0.915. The van der Waals surface area contributed by atoms with Crippen LogP contribution in [0.15, 0.2) is 0 Å². The van der Waals surface area contributed by atoms with Crippen LogP contribution in [0.4, 0.5) is 4.39 Å². The molecular weight excluding hydrogens is 117 g/mol. The molecule has 0 saturated heterocycles. The van der Waals surface area contributed by atoms with E-state index in [1.165, 1.54) is 0 Å². The molecule has 1 fully saturated rings. The molecule has 0 amide bonds.